The summed E-state index contributed by atoms with van der Waals surface area (Å²) in [6.45, 7) is 1.41. The lowest BCUT2D eigenvalue weighted by molar-refractivity contribution is 0.101. The van der Waals surface area contributed by atoms with Gasteiger partial charge >= 0.3 is 6.03 Å². The van der Waals surface area contributed by atoms with Gasteiger partial charge in [0.2, 0.25) is 0 Å². The van der Waals surface area contributed by atoms with Crippen LogP contribution in [0.1, 0.15) is 43.2 Å². The topological polar surface area (TPSA) is 61.4 Å². The van der Waals surface area contributed by atoms with Crippen LogP contribution < -0.4 is 10.6 Å². The molecule has 2 aliphatic carbocycles. The van der Waals surface area contributed by atoms with Crippen molar-refractivity contribution in [2.24, 2.45) is 11.8 Å². The van der Waals surface area contributed by atoms with Crippen molar-refractivity contribution in [3.8, 4) is 0 Å². The van der Waals surface area contributed by atoms with Gasteiger partial charge in [0.15, 0.2) is 0 Å². The minimum Gasteiger partial charge on any atom is -0.393 e. The van der Waals surface area contributed by atoms with Crippen LogP contribution in [0, 0.1) is 11.8 Å². The highest BCUT2D eigenvalue weighted by molar-refractivity contribution is 5.73. The number of urea groups is 1. The van der Waals surface area contributed by atoms with Crippen molar-refractivity contribution in [2.45, 2.75) is 51.0 Å². The first-order chi connectivity index (χ1) is 11.2. The third-order valence-corrected chi connectivity index (χ3v) is 5.28. The minimum atomic E-state index is -0.178. The smallest absolute Gasteiger partial charge is 0.314 e. The van der Waals surface area contributed by atoms with Gasteiger partial charge in [-0.05, 0) is 61.5 Å². The van der Waals surface area contributed by atoms with Gasteiger partial charge in [-0.15, -0.1) is 0 Å². The number of rotatable bonds is 5. The SMILES string of the molecule is O=C(NCCC1Cc2ccccc2C1)NC[C@@H]1CCC[C@@H](O)C1. The Kier molecular flexibility index (Phi) is 5.55. The number of hydrogen-bond donors (Lipinski definition) is 3. The lowest BCUT2D eigenvalue weighted by atomic mass is 9.87. The molecule has 0 heterocycles. The van der Waals surface area contributed by atoms with Crippen molar-refractivity contribution >= 4 is 6.03 Å². The first kappa shape index (κ1) is 16.3. The molecule has 2 aliphatic rings. The summed E-state index contributed by atoms with van der Waals surface area (Å²) in [4.78, 5) is 11.9. The molecule has 3 N–H and O–H groups in total. The standard InChI is InChI=1S/C19H28N2O2/c22-18-7-3-4-15(12-18)13-21-19(23)20-9-8-14-10-16-5-1-2-6-17(16)11-14/h1-2,5-6,14-15,18,22H,3-4,7-13H2,(H2,20,21,23)/t15-,18-/m1/s1. The molecule has 0 bridgehead atoms. The largest absolute Gasteiger partial charge is 0.393 e. The van der Waals surface area contributed by atoms with Gasteiger partial charge in [-0.25, -0.2) is 4.79 Å². The van der Waals surface area contributed by atoms with E-state index in [0.717, 1.165) is 51.5 Å². The second kappa shape index (κ2) is 7.82. The highest BCUT2D eigenvalue weighted by Crippen LogP contribution is 2.28. The predicted octanol–water partition coefficient (Wildman–Crippen LogP) is 2.64. The van der Waals surface area contributed by atoms with Crippen molar-refractivity contribution in [3.05, 3.63) is 35.4 Å². The first-order valence-corrected chi connectivity index (χ1v) is 8.97. The summed E-state index contributed by atoms with van der Waals surface area (Å²) in [5, 5.41) is 15.6. The number of nitrogens with one attached hydrogen (secondary N) is 2. The highest BCUT2D eigenvalue weighted by Gasteiger charge is 2.22. The molecule has 4 nitrogen and oxygen atoms in total. The van der Waals surface area contributed by atoms with Crippen molar-refractivity contribution < 1.29 is 9.90 Å². The molecule has 23 heavy (non-hydrogen) atoms. The summed E-state index contributed by atoms with van der Waals surface area (Å²) in [7, 11) is 0. The summed E-state index contributed by atoms with van der Waals surface area (Å²) < 4.78 is 0. The molecule has 1 saturated carbocycles. The molecule has 2 amide bonds. The zero-order valence-corrected chi connectivity index (χ0v) is 13.8. The van der Waals surface area contributed by atoms with Crippen molar-refractivity contribution in [1.82, 2.24) is 10.6 Å². The maximum atomic E-state index is 11.9. The molecule has 2 atom stereocenters. The third-order valence-electron chi connectivity index (χ3n) is 5.28. The van der Waals surface area contributed by atoms with E-state index in [1.807, 2.05) is 0 Å². The van der Waals surface area contributed by atoms with Crippen molar-refractivity contribution in [2.75, 3.05) is 13.1 Å². The molecular weight excluding hydrogens is 288 g/mol. The van der Waals surface area contributed by atoms with Gasteiger partial charge in [-0.2, -0.15) is 0 Å². The molecule has 4 heteroatoms. The first-order valence-electron chi connectivity index (χ1n) is 8.97. The highest BCUT2D eigenvalue weighted by atomic mass is 16.3. The van der Waals surface area contributed by atoms with E-state index in [-0.39, 0.29) is 12.1 Å². The number of amides is 2. The fourth-order valence-corrected chi connectivity index (χ4v) is 3.99. The number of fused-ring (bicyclic) bond motifs is 1. The fraction of sp³-hybridized carbons (Fsp3) is 0.632. The zero-order valence-electron chi connectivity index (χ0n) is 13.8. The van der Waals surface area contributed by atoms with E-state index in [1.165, 1.54) is 11.1 Å². The molecular formula is C19H28N2O2. The average molecular weight is 316 g/mol. The summed E-state index contributed by atoms with van der Waals surface area (Å²) in [6, 6.07) is 8.58. The quantitative estimate of drug-likeness (QED) is 0.782. The molecule has 0 aliphatic heterocycles. The molecule has 1 fully saturated rings. The summed E-state index contributed by atoms with van der Waals surface area (Å²) in [5.41, 5.74) is 2.94. The monoisotopic (exact) mass is 316 g/mol. The van der Waals surface area contributed by atoms with Gasteiger partial charge in [0, 0.05) is 13.1 Å². The van der Waals surface area contributed by atoms with Crippen LogP contribution >= 0.6 is 0 Å². The molecule has 3 rings (SSSR count). The number of carbonyl (C=O) groups is 1. The van der Waals surface area contributed by atoms with Crippen molar-refractivity contribution in [1.29, 1.82) is 0 Å². The van der Waals surface area contributed by atoms with Crippen LogP contribution in [0.25, 0.3) is 0 Å². The lowest BCUT2D eigenvalue weighted by Gasteiger charge is -2.25. The lowest BCUT2D eigenvalue weighted by Crippen LogP contribution is -2.40. The van der Waals surface area contributed by atoms with Gasteiger partial charge in [-0.3, -0.25) is 0 Å². The fourth-order valence-electron chi connectivity index (χ4n) is 3.99. The van der Waals surface area contributed by atoms with E-state index in [0.29, 0.717) is 18.4 Å². The second-order valence-corrected chi connectivity index (χ2v) is 7.15. The Balaban J connectivity index is 1.30. The maximum Gasteiger partial charge on any atom is 0.314 e. The Morgan fingerprint density at radius 2 is 1.83 bits per heavy atom. The van der Waals surface area contributed by atoms with Gasteiger partial charge < -0.3 is 15.7 Å². The van der Waals surface area contributed by atoms with E-state index < -0.39 is 0 Å². The number of aliphatic hydroxyl groups excluding tert-OH is 1. The average Bonchev–Trinajstić information content (AvgIpc) is 2.96. The van der Waals surface area contributed by atoms with Crippen LogP contribution in [-0.4, -0.2) is 30.3 Å². The Labute approximate surface area is 138 Å². The number of benzene rings is 1. The normalized spacial score (nSPS) is 24.2. The van der Waals surface area contributed by atoms with Crippen LogP contribution in [0.3, 0.4) is 0 Å². The molecule has 0 unspecified atom stereocenters. The molecule has 1 aromatic carbocycles. The van der Waals surface area contributed by atoms with Crippen LogP contribution in [0.15, 0.2) is 24.3 Å². The van der Waals surface area contributed by atoms with E-state index in [9.17, 15) is 9.90 Å². The van der Waals surface area contributed by atoms with Gasteiger partial charge in [0.25, 0.3) is 0 Å². The van der Waals surface area contributed by atoms with Crippen molar-refractivity contribution in [3.63, 3.8) is 0 Å². The Bertz CT molecular complexity index is 507. The van der Waals surface area contributed by atoms with Crippen LogP contribution in [-0.2, 0) is 12.8 Å². The molecule has 0 aromatic heterocycles. The third kappa shape index (κ3) is 4.71. The Hall–Kier alpha value is -1.55. The predicted molar refractivity (Wildman–Crippen MR) is 91.3 cm³/mol. The number of aliphatic hydroxyl groups is 1. The Morgan fingerprint density at radius 3 is 2.52 bits per heavy atom. The molecule has 1 aromatic rings. The summed E-state index contributed by atoms with van der Waals surface area (Å²) >= 11 is 0. The summed E-state index contributed by atoms with van der Waals surface area (Å²) in [5.74, 6) is 1.08. The van der Waals surface area contributed by atoms with Gasteiger partial charge in [-0.1, -0.05) is 30.7 Å². The van der Waals surface area contributed by atoms with Crippen LogP contribution in [0.5, 0.6) is 0 Å². The number of hydrogen-bond acceptors (Lipinski definition) is 2. The number of carbonyl (C=O) groups excluding carboxylic acids is 1. The molecule has 0 radical (unpaired) electrons. The second-order valence-electron chi connectivity index (χ2n) is 7.15. The summed E-state index contributed by atoms with van der Waals surface area (Å²) in [6.07, 6.45) is 7.04. The van der Waals surface area contributed by atoms with E-state index >= 15 is 0 Å². The maximum absolute atomic E-state index is 11.9. The zero-order chi connectivity index (χ0) is 16.1. The van der Waals surface area contributed by atoms with E-state index in [2.05, 4.69) is 34.9 Å². The van der Waals surface area contributed by atoms with Crippen LogP contribution in [0.4, 0.5) is 4.79 Å². The Morgan fingerprint density at radius 1 is 1.09 bits per heavy atom. The molecule has 0 spiro atoms. The molecule has 0 saturated heterocycles. The minimum absolute atomic E-state index is 0.0689. The van der Waals surface area contributed by atoms with E-state index in [1.54, 1.807) is 0 Å². The van der Waals surface area contributed by atoms with Gasteiger partial charge in [0.1, 0.15) is 0 Å². The van der Waals surface area contributed by atoms with E-state index in [4.69, 9.17) is 0 Å². The van der Waals surface area contributed by atoms with Gasteiger partial charge in [0.05, 0.1) is 6.10 Å². The van der Waals surface area contributed by atoms with Crippen LogP contribution in [0.2, 0.25) is 0 Å². The molecule has 126 valence electrons.